The zero-order chi connectivity index (χ0) is 26.6. The number of hydrogen-bond donors (Lipinski definition) is 4. The number of carbonyl (C=O) groups excluding carboxylic acids is 2. The van der Waals surface area contributed by atoms with Crippen LogP contribution in [0.1, 0.15) is 73.1 Å². The molecule has 2 aromatic rings. The van der Waals surface area contributed by atoms with Crippen LogP contribution >= 0.6 is 0 Å². The van der Waals surface area contributed by atoms with E-state index in [2.05, 4.69) is 10.6 Å². The number of carbonyl (C=O) groups is 2. The zero-order valence-electron chi connectivity index (χ0n) is 21.6. The molecule has 198 valence electrons. The van der Waals surface area contributed by atoms with E-state index in [1.807, 2.05) is 44.2 Å². The number of hydrogen-bond acceptors (Lipinski definition) is 6. The van der Waals surface area contributed by atoms with Crippen LogP contribution in [0.2, 0.25) is 0 Å². The lowest BCUT2D eigenvalue weighted by Crippen LogP contribution is -2.62. The van der Waals surface area contributed by atoms with Crippen molar-refractivity contribution in [1.82, 2.24) is 15.5 Å². The largest absolute Gasteiger partial charge is 0.490 e. The number of benzene rings is 2. The van der Waals surface area contributed by atoms with Crippen LogP contribution in [0.4, 0.5) is 0 Å². The van der Waals surface area contributed by atoms with Crippen molar-refractivity contribution >= 4 is 17.8 Å². The Hall–Kier alpha value is -3.43. The summed E-state index contributed by atoms with van der Waals surface area (Å²) >= 11 is 0. The van der Waals surface area contributed by atoms with Crippen molar-refractivity contribution in [3.63, 3.8) is 0 Å². The Morgan fingerprint density at radius 3 is 2.73 bits per heavy atom. The fraction of sp³-hybridized carbons (Fsp3) is 0.464. The monoisotopic (exact) mass is 508 g/mol. The third kappa shape index (κ3) is 5.47. The predicted molar refractivity (Wildman–Crippen MR) is 139 cm³/mol. The van der Waals surface area contributed by atoms with Gasteiger partial charge < -0.3 is 25.2 Å². The molecule has 0 bridgehead atoms. The summed E-state index contributed by atoms with van der Waals surface area (Å²) < 4.78 is 10.9. The Labute approximate surface area is 217 Å². The average molecular weight is 509 g/mol. The van der Waals surface area contributed by atoms with E-state index >= 15 is 0 Å². The first-order chi connectivity index (χ1) is 17.8. The van der Waals surface area contributed by atoms with Crippen LogP contribution in [-0.4, -0.2) is 59.7 Å². The Bertz CT molecular complexity index is 1130. The van der Waals surface area contributed by atoms with Gasteiger partial charge in [-0.05, 0) is 43.0 Å². The number of aliphatic hydroxyl groups excluding tert-OH is 1. The van der Waals surface area contributed by atoms with E-state index in [1.54, 1.807) is 25.3 Å². The Morgan fingerprint density at radius 2 is 2.03 bits per heavy atom. The van der Waals surface area contributed by atoms with Gasteiger partial charge in [0.2, 0.25) is 5.91 Å². The van der Waals surface area contributed by atoms with Crippen LogP contribution in [0.15, 0.2) is 48.5 Å². The maximum Gasteiger partial charge on any atom is 0.251 e. The minimum absolute atomic E-state index is 0.0674. The van der Waals surface area contributed by atoms with Gasteiger partial charge in [0.25, 0.3) is 5.91 Å². The standard InChI is InChI=1S/C28H36N4O5/c1-4-28(5-2)16-24(34)32(27(29)31-28)21(13-14-36-3)18-9-8-10-19(15-18)26(35)30-25-20-11-6-7-12-23(20)37-17-22(25)33/h6-12,15,21-22,25,33H,4-5,13-14,16-17H2,1-3H3,(H2,29,31)(H,30,35)/t21-,22+,25-/m1/s1. The van der Waals surface area contributed by atoms with Crippen LogP contribution in [0.3, 0.4) is 0 Å². The van der Waals surface area contributed by atoms with Crippen molar-refractivity contribution in [2.24, 2.45) is 0 Å². The van der Waals surface area contributed by atoms with E-state index in [-0.39, 0.29) is 24.4 Å². The third-order valence-electron chi connectivity index (χ3n) is 7.51. The molecule has 3 atom stereocenters. The van der Waals surface area contributed by atoms with Gasteiger partial charge in [-0.3, -0.25) is 19.9 Å². The molecule has 37 heavy (non-hydrogen) atoms. The summed E-state index contributed by atoms with van der Waals surface area (Å²) in [5.74, 6) is 0.238. The van der Waals surface area contributed by atoms with Crippen LogP contribution < -0.4 is 15.4 Å². The Kier molecular flexibility index (Phi) is 8.14. The van der Waals surface area contributed by atoms with Crippen LogP contribution in [0.25, 0.3) is 0 Å². The maximum absolute atomic E-state index is 13.3. The molecular weight excluding hydrogens is 472 g/mol. The highest BCUT2D eigenvalue weighted by molar-refractivity contribution is 6.00. The van der Waals surface area contributed by atoms with Crippen LogP contribution in [-0.2, 0) is 9.53 Å². The van der Waals surface area contributed by atoms with Gasteiger partial charge in [-0.25, -0.2) is 0 Å². The van der Waals surface area contributed by atoms with Crippen molar-refractivity contribution in [3.8, 4) is 5.75 Å². The second kappa shape index (κ2) is 11.3. The fourth-order valence-corrected chi connectivity index (χ4v) is 5.17. The third-order valence-corrected chi connectivity index (χ3v) is 7.51. The van der Waals surface area contributed by atoms with E-state index in [9.17, 15) is 14.7 Å². The number of nitrogens with zero attached hydrogens (tertiary/aromatic N) is 1. The fourth-order valence-electron chi connectivity index (χ4n) is 5.17. The van der Waals surface area contributed by atoms with Crippen LogP contribution in [0, 0.1) is 5.41 Å². The summed E-state index contributed by atoms with van der Waals surface area (Å²) in [6.45, 7) is 4.51. The van der Waals surface area contributed by atoms with Gasteiger partial charge in [0.05, 0.1) is 18.5 Å². The minimum atomic E-state index is -0.883. The average Bonchev–Trinajstić information content (AvgIpc) is 2.91. The van der Waals surface area contributed by atoms with E-state index in [0.29, 0.717) is 30.8 Å². The molecular formula is C28H36N4O5. The van der Waals surface area contributed by atoms with E-state index in [1.165, 1.54) is 4.90 Å². The van der Waals surface area contributed by atoms with E-state index in [0.717, 1.165) is 24.0 Å². The number of nitrogens with one attached hydrogen (secondary N) is 3. The summed E-state index contributed by atoms with van der Waals surface area (Å²) in [5, 5.41) is 25.4. The Balaban J connectivity index is 1.59. The molecule has 1 fully saturated rings. The molecule has 4 N–H and O–H groups in total. The zero-order valence-corrected chi connectivity index (χ0v) is 21.6. The number of rotatable bonds is 9. The van der Waals surface area contributed by atoms with Crippen molar-refractivity contribution in [3.05, 3.63) is 65.2 Å². The summed E-state index contributed by atoms with van der Waals surface area (Å²) in [7, 11) is 1.60. The highest BCUT2D eigenvalue weighted by atomic mass is 16.5. The second-order valence-corrected chi connectivity index (χ2v) is 9.69. The number of ether oxygens (including phenoxy) is 2. The molecule has 2 aliphatic heterocycles. The van der Waals surface area contributed by atoms with Gasteiger partial charge in [0.15, 0.2) is 5.96 Å². The number of guanidine groups is 1. The van der Waals surface area contributed by atoms with Crippen molar-refractivity contribution in [1.29, 1.82) is 5.41 Å². The molecule has 1 saturated heterocycles. The first kappa shape index (κ1) is 26.6. The molecule has 0 saturated carbocycles. The lowest BCUT2D eigenvalue weighted by atomic mass is 9.86. The molecule has 9 nitrogen and oxygen atoms in total. The van der Waals surface area contributed by atoms with Gasteiger partial charge >= 0.3 is 0 Å². The molecule has 9 heteroatoms. The molecule has 2 amide bonds. The lowest BCUT2D eigenvalue weighted by Gasteiger charge is -2.45. The van der Waals surface area contributed by atoms with E-state index in [4.69, 9.17) is 14.9 Å². The SMILES string of the molecule is CCC1(CC)CC(=O)N([C@H](CCOC)c2cccc(C(=O)N[C@@H]3c4ccccc4OC[C@@H]3O)c2)C(=N)N1. The molecule has 2 aromatic carbocycles. The number of methoxy groups -OCH3 is 1. The molecule has 0 unspecified atom stereocenters. The van der Waals surface area contributed by atoms with Gasteiger partial charge in [-0.1, -0.05) is 44.2 Å². The molecule has 2 aliphatic rings. The molecule has 0 spiro atoms. The van der Waals surface area contributed by atoms with Crippen LogP contribution in [0.5, 0.6) is 5.75 Å². The molecule has 2 heterocycles. The molecule has 4 rings (SSSR count). The summed E-state index contributed by atoms with van der Waals surface area (Å²) in [6.07, 6.45) is 1.36. The smallest absolute Gasteiger partial charge is 0.251 e. The highest BCUT2D eigenvalue weighted by Crippen LogP contribution is 2.34. The first-order valence-corrected chi connectivity index (χ1v) is 12.8. The molecule has 0 radical (unpaired) electrons. The second-order valence-electron chi connectivity index (χ2n) is 9.69. The minimum Gasteiger partial charge on any atom is -0.490 e. The quantitative estimate of drug-likeness (QED) is 0.412. The topological polar surface area (TPSA) is 124 Å². The number of fused-ring (bicyclic) bond motifs is 1. The molecule has 0 aliphatic carbocycles. The van der Waals surface area contributed by atoms with Gasteiger partial charge in [-0.2, -0.15) is 0 Å². The predicted octanol–water partition coefficient (Wildman–Crippen LogP) is 3.30. The normalized spacial score (nSPS) is 21.5. The summed E-state index contributed by atoms with van der Waals surface area (Å²) in [6, 6.07) is 13.3. The van der Waals surface area contributed by atoms with Crippen molar-refractivity contribution < 1.29 is 24.2 Å². The number of aliphatic hydroxyl groups is 1. The van der Waals surface area contributed by atoms with Gasteiger partial charge in [0, 0.05) is 30.4 Å². The van der Waals surface area contributed by atoms with Gasteiger partial charge in [-0.15, -0.1) is 0 Å². The maximum atomic E-state index is 13.3. The van der Waals surface area contributed by atoms with Crippen molar-refractivity contribution in [2.45, 2.75) is 63.3 Å². The van der Waals surface area contributed by atoms with Crippen molar-refractivity contribution in [2.75, 3.05) is 20.3 Å². The number of amides is 2. The summed E-state index contributed by atoms with van der Waals surface area (Å²) in [4.78, 5) is 28.1. The van der Waals surface area contributed by atoms with E-state index < -0.39 is 23.7 Å². The lowest BCUT2D eigenvalue weighted by molar-refractivity contribution is -0.133. The summed E-state index contributed by atoms with van der Waals surface area (Å²) in [5.41, 5.74) is 1.44. The first-order valence-electron chi connectivity index (χ1n) is 12.8. The highest BCUT2D eigenvalue weighted by Gasteiger charge is 2.42. The molecule has 0 aromatic heterocycles. The number of para-hydroxylation sites is 1. The Morgan fingerprint density at radius 1 is 1.27 bits per heavy atom. The van der Waals surface area contributed by atoms with Gasteiger partial charge in [0.1, 0.15) is 18.5 Å².